The van der Waals surface area contributed by atoms with E-state index in [-0.39, 0.29) is 11.7 Å². The van der Waals surface area contributed by atoms with Crippen LogP contribution in [0.5, 0.6) is 5.75 Å². The van der Waals surface area contributed by atoms with Crippen molar-refractivity contribution in [3.63, 3.8) is 0 Å². The number of hydrogen-bond donors (Lipinski definition) is 1. The van der Waals surface area contributed by atoms with E-state index in [1.807, 2.05) is 30.3 Å². The van der Waals surface area contributed by atoms with Crippen molar-refractivity contribution in [2.45, 2.75) is 18.9 Å². The summed E-state index contributed by atoms with van der Waals surface area (Å²) in [5.74, 6) is 0.439. The van der Waals surface area contributed by atoms with Crippen LogP contribution in [-0.2, 0) is 0 Å². The fourth-order valence-corrected chi connectivity index (χ4v) is 3.80. The van der Waals surface area contributed by atoms with Gasteiger partial charge in [-0.1, -0.05) is 27.5 Å². The van der Waals surface area contributed by atoms with E-state index in [0.717, 1.165) is 36.2 Å². The third-order valence-corrected chi connectivity index (χ3v) is 5.69. The largest absolute Gasteiger partial charge is 0.489 e. The minimum absolute atomic E-state index is 0.0881. The van der Waals surface area contributed by atoms with Gasteiger partial charge in [-0.3, -0.25) is 4.98 Å². The van der Waals surface area contributed by atoms with Crippen LogP contribution >= 0.6 is 27.5 Å². The Bertz CT molecular complexity index is 1060. The Labute approximate surface area is 186 Å². The monoisotopic (exact) mass is 488 g/mol. The molecule has 7 nitrogen and oxygen atoms in total. The summed E-state index contributed by atoms with van der Waals surface area (Å²) < 4.78 is 7.01. The van der Waals surface area contributed by atoms with E-state index < -0.39 is 5.97 Å². The Balaban J connectivity index is 1.39. The molecule has 1 aromatic carbocycles. The number of aromatic nitrogens is 3. The number of rotatable bonds is 5. The van der Waals surface area contributed by atoms with Crippen LogP contribution in [0.25, 0.3) is 11.3 Å². The van der Waals surface area contributed by atoms with E-state index in [4.69, 9.17) is 21.4 Å². The first-order chi connectivity index (χ1) is 14.5. The van der Waals surface area contributed by atoms with Gasteiger partial charge in [0.25, 0.3) is 0 Å². The Morgan fingerprint density at radius 3 is 2.63 bits per heavy atom. The molecule has 1 aliphatic heterocycles. The molecule has 1 N–H and O–H groups in total. The molecule has 4 rings (SSSR count). The van der Waals surface area contributed by atoms with Gasteiger partial charge < -0.3 is 14.7 Å². The van der Waals surface area contributed by atoms with E-state index in [1.165, 1.54) is 12.3 Å². The summed E-state index contributed by atoms with van der Waals surface area (Å²) in [4.78, 5) is 17.2. The molecular weight excluding hydrogens is 472 g/mol. The van der Waals surface area contributed by atoms with Gasteiger partial charge in [-0.2, -0.15) is 0 Å². The maximum absolute atomic E-state index is 11.1. The average Bonchev–Trinajstić information content (AvgIpc) is 2.77. The highest BCUT2D eigenvalue weighted by molar-refractivity contribution is 9.10. The zero-order chi connectivity index (χ0) is 21.1. The summed E-state index contributed by atoms with van der Waals surface area (Å²) in [6, 6.07) is 10.8. The summed E-state index contributed by atoms with van der Waals surface area (Å²) in [5, 5.41) is 18.3. The molecule has 154 valence electrons. The van der Waals surface area contributed by atoms with Crippen molar-refractivity contribution in [3.05, 3.63) is 63.9 Å². The Morgan fingerprint density at radius 2 is 1.93 bits per heavy atom. The standard InChI is InChI=1S/C21H18BrClN4O3/c22-15-1-2-17(23)19(10-15)30-16-5-7-27(8-6-16)20-4-3-18(25-26-20)13-9-14(21(28)29)12-24-11-13/h1-4,9-12,16H,5-8H2,(H,28,29). The number of pyridine rings is 1. The molecule has 0 bridgehead atoms. The zero-order valence-electron chi connectivity index (χ0n) is 15.8. The van der Waals surface area contributed by atoms with Crippen molar-refractivity contribution in [2.24, 2.45) is 0 Å². The minimum Gasteiger partial charge on any atom is -0.489 e. The number of carboxylic acids is 1. The van der Waals surface area contributed by atoms with Crippen LogP contribution in [0.1, 0.15) is 23.2 Å². The Hall–Kier alpha value is -2.71. The molecule has 0 amide bonds. The predicted octanol–water partition coefficient (Wildman–Crippen LogP) is 4.70. The summed E-state index contributed by atoms with van der Waals surface area (Å²) in [5.41, 5.74) is 1.31. The topological polar surface area (TPSA) is 88.4 Å². The van der Waals surface area contributed by atoms with Crippen molar-refractivity contribution >= 4 is 39.3 Å². The van der Waals surface area contributed by atoms with E-state index >= 15 is 0 Å². The maximum Gasteiger partial charge on any atom is 0.337 e. The lowest BCUT2D eigenvalue weighted by molar-refractivity contribution is 0.0696. The highest BCUT2D eigenvalue weighted by Gasteiger charge is 2.22. The quantitative estimate of drug-likeness (QED) is 0.556. The van der Waals surface area contributed by atoms with Gasteiger partial charge in [0, 0.05) is 48.4 Å². The molecule has 0 unspecified atom stereocenters. The highest BCUT2D eigenvalue weighted by atomic mass is 79.9. The van der Waals surface area contributed by atoms with Gasteiger partial charge in [-0.05, 0) is 36.4 Å². The molecule has 2 aromatic heterocycles. The zero-order valence-corrected chi connectivity index (χ0v) is 18.2. The van der Waals surface area contributed by atoms with Crippen molar-refractivity contribution in [1.82, 2.24) is 15.2 Å². The summed E-state index contributed by atoms with van der Waals surface area (Å²) in [6.07, 6.45) is 4.66. The number of carbonyl (C=O) groups is 1. The van der Waals surface area contributed by atoms with Crippen molar-refractivity contribution in [1.29, 1.82) is 0 Å². The molecular formula is C21H18BrClN4O3. The van der Waals surface area contributed by atoms with Crippen LogP contribution in [0.3, 0.4) is 0 Å². The van der Waals surface area contributed by atoms with Crippen LogP contribution in [0.4, 0.5) is 5.82 Å². The van der Waals surface area contributed by atoms with Crippen molar-refractivity contribution in [2.75, 3.05) is 18.0 Å². The first-order valence-corrected chi connectivity index (χ1v) is 10.6. The smallest absolute Gasteiger partial charge is 0.337 e. The molecule has 9 heteroatoms. The fraction of sp³-hybridized carbons (Fsp3) is 0.238. The van der Waals surface area contributed by atoms with Crippen LogP contribution in [0, 0.1) is 0 Å². The van der Waals surface area contributed by atoms with Gasteiger partial charge >= 0.3 is 5.97 Å². The van der Waals surface area contributed by atoms with Crippen LogP contribution in [0.15, 0.2) is 53.3 Å². The normalized spacial score (nSPS) is 14.5. The van der Waals surface area contributed by atoms with Gasteiger partial charge in [-0.15, -0.1) is 10.2 Å². The number of carboxylic acid groups (broad SMARTS) is 1. The summed E-state index contributed by atoms with van der Waals surface area (Å²) >= 11 is 9.66. The van der Waals surface area contributed by atoms with Crippen molar-refractivity contribution < 1.29 is 14.6 Å². The number of hydrogen-bond acceptors (Lipinski definition) is 6. The molecule has 0 radical (unpaired) electrons. The first-order valence-electron chi connectivity index (χ1n) is 9.39. The van der Waals surface area contributed by atoms with E-state index in [1.54, 1.807) is 6.20 Å². The molecule has 3 heterocycles. The average molecular weight is 490 g/mol. The van der Waals surface area contributed by atoms with Gasteiger partial charge in [0.15, 0.2) is 5.82 Å². The lowest BCUT2D eigenvalue weighted by Crippen LogP contribution is -2.38. The molecule has 1 fully saturated rings. The number of anilines is 1. The summed E-state index contributed by atoms with van der Waals surface area (Å²) in [7, 11) is 0. The number of nitrogens with zero attached hydrogens (tertiary/aromatic N) is 4. The fourth-order valence-electron chi connectivity index (χ4n) is 3.29. The minimum atomic E-state index is -1.02. The van der Waals surface area contributed by atoms with Crippen LogP contribution < -0.4 is 9.64 Å². The molecule has 1 saturated heterocycles. The van der Waals surface area contributed by atoms with E-state index in [0.29, 0.717) is 22.0 Å². The Morgan fingerprint density at radius 1 is 1.13 bits per heavy atom. The van der Waals surface area contributed by atoms with E-state index in [2.05, 4.69) is 36.0 Å². The number of benzene rings is 1. The second-order valence-corrected chi connectivity index (χ2v) is 8.25. The molecule has 0 spiro atoms. The number of piperidine rings is 1. The third-order valence-electron chi connectivity index (χ3n) is 4.88. The molecule has 3 aromatic rings. The number of halogens is 2. The maximum atomic E-state index is 11.1. The molecule has 0 aliphatic carbocycles. The second kappa shape index (κ2) is 8.97. The van der Waals surface area contributed by atoms with Crippen molar-refractivity contribution in [3.8, 4) is 17.0 Å². The predicted molar refractivity (Wildman–Crippen MR) is 117 cm³/mol. The van der Waals surface area contributed by atoms with Gasteiger partial charge in [0.2, 0.25) is 0 Å². The van der Waals surface area contributed by atoms with Gasteiger partial charge in [-0.25, -0.2) is 4.79 Å². The van der Waals surface area contributed by atoms with E-state index in [9.17, 15) is 4.79 Å². The molecule has 30 heavy (non-hydrogen) atoms. The van der Waals surface area contributed by atoms with Gasteiger partial charge in [0.1, 0.15) is 11.9 Å². The van der Waals surface area contributed by atoms with Crippen LogP contribution in [0.2, 0.25) is 5.02 Å². The molecule has 1 aliphatic rings. The molecule has 0 atom stereocenters. The SMILES string of the molecule is O=C(O)c1cncc(-c2ccc(N3CCC(Oc4cc(Br)ccc4Cl)CC3)nn2)c1. The first kappa shape index (κ1) is 20.6. The number of aromatic carboxylic acids is 1. The molecule has 0 saturated carbocycles. The van der Waals surface area contributed by atoms with Gasteiger partial charge in [0.05, 0.1) is 16.3 Å². The highest BCUT2D eigenvalue weighted by Crippen LogP contribution is 2.31. The lowest BCUT2D eigenvalue weighted by Gasteiger charge is -2.32. The third kappa shape index (κ3) is 4.71. The summed E-state index contributed by atoms with van der Waals surface area (Å²) in [6.45, 7) is 1.58. The van der Waals surface area contributed by atoms with Crippen LogP contribution in [-0.4, -0.2) is 45.5 Å². The lowest BCUT2D eigenvalue weighted by atomic mass is 10.1. The Kier molecular flexibility index (Phi) is 6.15. The number of ether oxygens (including phenoxy) is 1. The second-order valence-electron chi connectivity index (χ2n) is 6.92.